The molecule has 0 saturated carbocycles. The van der Waals surface area contributed by atoms with Gasteiger partial charge in [0.15, 0.2) is 5.79 Å². The van der Waals surface area contributed by atoms with Crippen molar-refractivity contribution in [1.82, 2.24) is 0 Å². The summed E-state index contributed by atoms with van der Waals surface area (Å²) in [4.78, 5) is 0. The zero-order chi connectivity index (χ0) is 20.2. The number of anilines is 1. The van der Waals surface area contributed by atoms with Gasteiger partial charge < -0.3 is 29.7 Å². The quantitative estimate of drug-likeness (QED) is 0.559. The molecule has 3 N–H and O–H groups in total. The predicted octanol–water partition coefficient (Wildman–Crippen LogP) is 3.21. The van der Waals surface area contributed by atoms with Crippen LogP contribution in [0.3, 0.4) is 0 Å². The standard InChI is InChI=1S/C22H35NO5/c1-4-5-6-7-8-9-16-10-12-17(13-11-16)23-15-22(25)20(24)19-18(14-26-22)27-21(2,3)28-19/h10-13,18-20,23-25H,4-9,14-15H2,1-3H3/t18-,19-,20+,22-/m1/s1. The van der Waals surface area contributed by atoms with Gasteiger partial charge in [0, 0.05) is 5.69 Å². The molecule has 2 fully saturated rings. The number of fused-ring (bicyclic) bond motifs is 1. The molecule has 0 amide bonds. The molecule has 0 spiro atoms. The summed E-state index contributed by atoms with van der Waals surface area (Å²) >= 11 is 0. The fourth-order valence-corrected chi connectivity index (χ4v) is 3.93. The molecule has 2 aliphatic heterocycles. The number of benzene rings is 1. The molecule has 2 saturated heterocycles. The molecule has 6 nitrogen and oxygen atoms in total. The molecule has 1 aromatic carbocycles. The van der Waals surface area contributed by atoms with Crippen LogP contribution < -0.4 is 5.32 Å². The van der Waals surface area contributed by atoms with E-state index in [2.05, 4.69) is 24.4 Å². The first kappa shape index (κ1) is 21.5. The number of nitrogens with one attached hydrogen (secondary N) is 1. The van der Waals surface area contributed by atoms with Crippen molar-refractivity contribution in [3.8, 4) is 0 Å². The van der Waals surface area contributed by atoms with E-state index in [0.29, 0.717) is 0 Å². The summed E-state index contributed by atoms with van der Waals surface area (Å²) in [5, 5.41) is 24.5. The second-order valence-corrected chi connectivity index (χ2v) is 8.45. The molecule has 1 aromatic rings. The SMILES string of the molecule is CCCCCCCc1ccc(NC[C@@]2(O)OC[C@H]3OC(C)(C)O[C@H]3[C@@H]2O)cc1. The van der Waals surface area contributed by atoms with E-state index in [1.54, 1.807) is 13.8 Å². The Balaban J connectivity index is 1.48. The number of rotatable bonds is 9. The maximum absolute atomic E-state index is 10.8. The normalized spacial score (nSPS) is 31.5. The summed E-state index contributed by atoms with van der Waals surface area (Å²) in [5.41, 5.74) is 2.20. The van der Waals surface area contributed by atoms with Gasteiger partial charge in [0.25, 0.3) is 0 Å². The van der Waals surface area contributed by atoms with Crippen LogP contribution in [0.5, 0.6) is 0 Å². The van der Waals surface area contributed by atoms with Crippen LogP contribution in [-0.4, -0.2) is 53.3 Å². The first-order valence-corrected chi connectivity index (χ1v) is 10.6. The average molecular weight is 394 g/mol. The van der Waals surface area contributed by atoms with Crippen LogP contribution in [0.1, 0.15) is 58.4 Å². The van der Waals surface area contributed by atoms with Gasteiger partial charge in [0.1, 0.15) is 18.3 Å². The van der Waals surface area contributed by atoms with Gasteiger partial charge in [-0.15, -0.1) is 0 Å². The lowest BCUT2D eigenvalue weighted by Crippen LogP contribution is -2.62. The zero-order valence-electron chi connectivity index (χ0n) is 17.3. The number of aryl methyl sites for hydroxylation is 1. The van der Waals surface area contributed by atoms with E-state index in [-0.39, 0.29) is 19.3 Å². The first-order valence-electron chi connectivity index (χ1n) is 10.6. The maximum atomic E-state index is 10.8. The van der Waals surface area contributed by atoms with E-state index < -0.39 is 23.8 Å². The van der Waals surface area contributed by atoms with Crippen molar-refractivity contribution in [2.24, 2.45) is 0 Å². The minimum atomic E-state index is -1.72. The highest BCUT2D eigenvalue weighted by molar-refractivity contribution is 5.45. The lowest BCUT2D eigenvalue weighted by atomic mass is 9.96. The Morgan fingerprint density at radius 3 is 2.50 bits per heavy atom. The van der Waals surface area contributed by atoms with Gasteiger partial charge in [0.2, 0.25) is 5.79 Å². The van der Waals surface area contributed by atoms with Gasteiger partial charge in [-0.2, -0.15) is 0 Å². The Morgan fingerprint density at radius 1 is 1.07 bits per heavy atom. The molecular formula is C22H35NO5. The lowest BCUT2D eigenvalue weighted by molar-refractivity contribution is -0.298. The Kier molecular flexibility index (Phi) is 6.99. The minimum absolute atomic E-state index is 0.0670. The molecule has 0 radical (unpaired) electrons. The van der Waals surface area contributed by atoms with Crippen LogP contribution in [0.15, 0.2) is 24.3 Å². The van der Waals surface area contributed by atoms with Crippen molar-refractivity contribution in [1.29, 1.82) is 0 Å². The fourth-order valence-electron chi connectivity index (χ4n) is 3.93. The molecule has 0 unspecified atom stereocenters. The van der Waals surface area contributed by atoms with Crippen molar-refractivity contribution in [3.05, 3.63) is 29.8 Å². The number of unbranched alkanes of at least 4 members (excludes halogenated alkanes) is 4. The summed E-state index contributed by atoms with van der Waals surface area (Å²) in [5.74, 6) is -2.51. The van der Waals surface area contributed by atoms with Gasteiger partial charge in [-0.25, -0.2) is 0 Å². The molecule has 0 bridgehead atoms. The summed E-state index contributed by atoms with van der Waals surface area (Å²) in [6.45, 7) is 6.06. The molecule has 6 heteroatoms. The maximum Gasteiger partial charge on any atom is 0.212 e. The van der Waals surface area contributed by atoms with Gasteiger partial charge in [-0.1, -0.05) is 44.7 Å². The van der Waals surface area contributed by atoms with Crippen molar-refractivity contribution in [2.45, 2.75) is 89.2 Å². The molecular weight excluding hydrogens is 358 g/mol. The summed E-state index contributed by atoms with van der Waals surface area (Å²) < 4.78 is 17.0. The van der Waals surface area contributed by atoms with E-state index >= 15 is 0 Å². The summed E-state index contributed by atoms with van der Waals surface area (Å²) in [6.07, 6.45) is 5.31. The third-order valence-electron chi connectivity index (χ3n) is 5.56. The molecule has 2 heterocycles. The monoisotopic (exact) mass is 393 g/mol. The van der Waals surface area contributed by atoms with Crippen LogP contribution in [0.25, 0.3) is 0 Å². The number of hydrogen-bond donors (Lipinski definition) is 3. The van der Waals surface area contributed by atoms with Gasteiger partial charge in [0.05, 0.1) is 13.2 Å². The number of ether oxygens (including phenoxy) is 3. The van der Waals surface area contributed by atoms with Gasteiger partial charge in [-0.05, 0) is 44.4 Å². The summed E-state index contributed by atoms with van der Waals surface area (Å²) in [7, 11) is 0. The minimum Gasteiger partial charge on any atom is -0.385 e. The van der Waals surface area contributed by atoms with E-state index in [0.717, 1.165) is 12.1 Å². The van der Waals surface area contributed by atoms with Crippen LogP contribution in [0.4, 0.5) is 5.69 Å². The second kappa shape index (κ2) is 9.09. The number of aliphatic hydroxyl groups is 2. The van der Waals surface area contributed by atoms with Crippen LogP contribution in [0.2, 0.25) is 0 Å². The van der Waals surface area contributed by atoms with E-state index in [1.807, 2.05) is 12.1 Å². The van der Waals surface area contributed by atoms with Crippen molar-refractivity contribution in [3.63, 3.8) is 0 Å². The molecule has 2 aliphatic rings. The number of aliphatic hydroxyl groups excluding tert-OH is 1. The number of hydrogen-bond acceptors (Lipinski definition) is 6. The van der Waals surface area contributed by atoms with Crippen LogP contribution >= 0.6 is 0 Å². The summed E-state index contributed by atoms with van der Waals surface area (Å²) in [6, 6.07) is 8.22. The van der Waals surface area contributed by atoms with Crippen molar-refractivity contribution < 1.29 is 24.4 Å². The van der Waals surface area contributed by atoms with E-state index in [9.17, 15) is 10.2 Å². The Bertz CT molecular complexity index is 620. The lowest BCUT2D eigenvalue weighted by Gasteiger charge is -2.41. The molecule has 28 heavy (non-hydrogen) atoms. The Labute approximate surface area is 168 Å². The van der Waals surface area contributed by atoms with E-state index in [1.165, 1.54) is 37.7 Å². The molecule has 0 aliphatic carbocycles. The van der Waals surface area contributed by atoms with Crippen LogP contribution in [0, 0.1) is 0 Å². The molecule has 4 atom stereocenters. The highest BCUT2D eigenvalue weighted by Crippen LogP contribution is 2.37. The molecule has 3 rings (SSSR count). The average Bonchev–Trinajstić information content (AvgIpc) is 2.99. The predicted molar refractivity (Wildman–Crippen MR) is 108 cm³/mol. The Morgan fingerprint density at radius 2 is 1.79 bits per heavy atom. The highest BCUT2D eigenvalue weighted by Gasteiger charge is 2.56. The second-order valence-electron chi connectivity index (χ2n) is 8.45. The topological polar surface area (TPSA) is 80.2 Å². The van der Waals surface area contributed by atoms with Gasteiger partial charge >= 0.3 is 0 Å². The smallest absolute Gasteiger partial charge is 0.212 e. The first-order chi connectivity index (χ1) is 13.3. The van der Waals surface area contributed by atoms with Crippen molar-refractivity contribution in [2.75, 3.05) is 18.5 Å². The largest absolute Gasteiger partial charge is 0.385 e. The fraction of sp³-hybridized carbons (Fsp3) is 0.727. The van der Waals surface area contributed by atoms with Gasteiger partial charge in [-0.3, -0.25) is 0 Å². The van der Waals surface area contributed by atoms with Crippen LogP contribution in [-0.2, 0) is 20.6 Å². The van der Waals surface area contributed by atoms with E-state index in [4.69, 9.17) is 14.2 Å². The third-order valence-corrected chi connectivity index (χ3v) is 5.56. The Hall–Kier alpha value is -1.18. The van der Waals surface area contributed by atoms with Crippen molar-refractivity contribution >= 4 is 5.69 Å². The third kappa shape index (κ3) is 5.24. The molecule has 158 valence electrons. The zero-order valence-corrected chi connectivity index (χ0v) is 17.3. The molecule has 0 aromatic heterocycles. The highest BCUT2D eigenvalue weighted by atomic mass is 16.8.